The summed E-state index contributed by atoms with van der Waals surface area (Å²) in [6.45, 7) is 3.19. The van der Waals surface area contributed by atoms with Gasteiger partial charge in [0.25, 0.3) is 11.8 Å². The number of Topliss-reactive ketones (excluding diaryl/α,β-unsaturated/α-hetero) is 3. The Morgan fingerprint density at radius 3 is 1.90 bits per heavy atom. The molecule has 2 bridgehead atoms. The van der Waals surface area contributed by atoms with Gasteiger partial charge in [0, 0.05) is 79.5 Å². The number of ketones is 5. The zero-order valence-corrected chi connectivity index (χ0v) is 41.6. The number of rotatable bonds is 3. The molecule has 4 fully saturated rings. The number of nitrogens with zero attached hydrogens (tertiary/aromatic N) is 2. The molecule has 378 valence electrons. The lowest BCUT2D eigenvalue weighted by Gasteiger charge is -2.58. The first-order chi connectivity index (χ1) is 34.8. The maximum absolute atomic E-state index is 13.2. The summed E-state index contributed by atoms with van der Waals surface area (Å²) in [6, 6.07) is 6.44. The molecule has 73 heavy (non-hydrogen) atoms. The fraction of sp³-hybridized carbons (Fsp3) is 0.415. The molecule has 2 aromatic heterocycles. The molecule has 15 rings (SSSR count). The van der Waals surface area contributed by atoms with Gasteiger partial charge in [0.05, 0.1) is 47.5 Å². The molecule has 0 saturated carbocycles. The van der Waals surface area contributed by atoms with Crippen molar-refractivity contribution in [3.8, 4) is 0 Å². The number of aliphatic hydroxyl groups excluding tert-OH is 5. The lowest BCUT2D eigenvalue weighted by molar-refractivity contribution is -0.168. The Labute approximate surface area is 423 Å². The number of fused-ring (bicyclic) bond motifs is 11. The molecular weight excluding hydrogens is 985 g/mol. The standard InChI is InChI=1S/C20H18O6.C20H16O6.C13H14N2O4S2/c2*1-20-11-5-3-8-9(4-6-12(8)21)13(11)16(23)17-14(20)10(7-26-17)15(22)18(25-2)19(20)24;1-14-10(18)12-5-7-3-2-4-8(17)9(7)15(12)11(19)13(14,6-16)21-20-12/h3,5,7,15,18-19,22,24H,4,6H2,1-2H3;3,5,7,18-19,24H,4,6H2,1-2H3;2-4,8-9,16-17H,5-6H2,1H3/t15-,18-,19-,20-;18-,19-,20-;8-,9-,12+,13+/m110/s1. The molecule has 1 spiro atoms. The number of benzene rings is 2. The van der Waals surface area contributed by atoms with Crippen LogP contribution in [0, 0.1) is 0 Å². The number of hydrogen-bond acceptors (Lipinski definition) is 18. The number of aliphatic hydroxyl groups is 5. The molecule has 5 N–H and O–H groups in total. The molecule has 4 saturated heterocycles. The SMILES string of the molecule is CN1C(=O)[C@]23CC4=CC=C[C@H](O)[C@H]4N2C(=O)[C@@]1(CO)SS3.CO[C@@H]1C(=O)c2coc3c2[C@@](C)(c2ccc4c(c2C3=O)CCC4=O)[C@@H]1O.CO[C@@H]1[C@H](O)c2coc3c2[C@@](C)(c2ccc4c(c2C3=O)CCC4=O)[C@@H]1O. The second kappa shape index (κ2) is 16.1. The first-order valence-corrected chi connectivity index (χ1v) is 26.0. The number of ether oxygens (including phenoxy) is 2. The van der Waals surface area contributed by atoms with Crippen molar-refractivity contribution in [3.63, 3.8) is 0 Å². The van der Waals surface area contributed by atoms with Gasteiger partial charge in [-0.15, -0.1) is 0 Å². The summed E-state index contributed by atoms with van der Waals surface area (Å²) in [4.78, 5) is 89.6. The van der Waals surface area contributed by atoms with Crippen LogP contribution in [0.4, 0.5) is 0 Å². The van der Waals surface area contributed by atoms with Crippen molar-refractivity contribution in [1.82, 2.24) is 9.80 Å². The van der Waals surface area contributed by atoms with Gasteiger partial charge >= 0.3 is 0 Å². The Hall–Kier alpha value is -5.81. The lowest BCUT2D eigenvalue weighted by Crippen LogP contribution is -2.77. The summed E-state index contributed by atoms with van der Waals surface area (Å²) in [5.41, 5.74) is 5.30. The molecule has 11 atom stereocenters. The highest BCUT2D eigenvalue weighted by molar-refractivity contribution is 8.78. The maximum atomic E-state index is 13.2. The number of likely N-dealkylation sites (N-methyl/N-ethyl adjacent to an activating group) is 1. The number of furan rings is 2. The zero-order chi connectivity index (χ0) is 51.7. The van der Waals surface area contributed by atoms with Crippen LogP contribution in [0.1, 0.15) is 141 Å². The van der Waals surface area contributed by atoms with Crippen LogP contribution in [0.15, 0.2) is 69.4 Å². The highest BCUT2D eigenvalue weighted by Crippen LogP contribution is 2.65. The highest BCUT2D eigenvalue weighted by atomic mass is 33.1. The van der Waals surface area contributed by atoms with E-state index in [2.05, 4.69) is 0 Å². The van der Waals surface area contributed by atoms with E-state index in [0.29, 0.717) is 87.7 Å². The summed E-state index contributed by atoms with van der Waals surface area (Å²) < 4.78 is 21.7. The largest absolute Gasteiger partial charge is 0.460 e. The average molecular weight is 1030 g/mol. The highest BCUT2D eigenvalue weighted by Gasteiger charge is 2.73. The number of carbonyl (C=O) groups excluding carboxylic acids is 7. The minimum Gasteiger partial charge on any atom is -0.460 e. The van der Waals surface area contributed by atoms with E-state index in [0.717, 1.165) is 11.1 Å². The van der Waals surface area contributed by atoms with Gasteiger partial charge in [-0.25, -0.2) is 0 Å². The number of carbonyl (C=O) groups is 7. The van der Waals surface area contributed by atoms with Crippen molar-refractivity contribution in [2.24, 2.45) is 0 Å². The molecule has 18 nitrogen and oxygen atoms in total. The van der Waals surface area contributed by atoms with Crippen molar-refractivity contribution < 1.29 is 77.4 Å². The van der Waals surface area contributed by atoms with Crippen LogP contribution in [0.5, 0.6) is 0 Å². The normalized spacial score (nSPS) is 34.2. The molecular formula is C53H48N2O16S2. The topological polar surface area (TPSA) is 272 Å². The predicted molar refractivity (Wildman–Crippen MR) is 257 cm³/mol. The Kier molecular flexibility index (Phi) is 10.6. The zero-order valence-electron chi connectivity index (χ0n) is 39.9. The fourth-order valence-corrected chi connectivity index (χ4v) is 17.0. The Bertz CT molecular complexity index is 3320. The van der Waals surface area contributed by atoms with E-state index in [1.165, 1.54) is 58.1 Å². The van der Waals surface area contributed by atoms with E-state index >= 15 is 0 Å². The molecule has 11 aliphatic rings. The number of allylic oxidation sites excluding steroid dienone is 2. The van der Waals surface area contributed by atoms with Gasteiger partial charge in [-0.3, -0.25) is 33.6 Å². The first-order valence-electron chi connectivity index (χ1n) is 23.8. The molecule has 7 aliphatic carbocycles. The number of piperazine rings is 1. The van der Waals surface area contributed by atoms with E-state index in [4.69, 9.17) is 18.3 Å². The Balaban J connectivity index is 0.000000112. The van der Waals surface area contributed by atoms with Gasteiger partial charge in [-0.2, -0.15) is 0 Å². The van der Waals surface area contributed by atoms with Gasteiger partial charge < -0.3 is 53.6 Å². The number of amides is 2. The summed E-state index contributed by atoms with van der Waals surface area (Å²) in [5.74, 6) is -1.24. The first kappa shape index (κ1) is 48.1. The van der Waals surface area contributed by atoms with Crippen LogP contribution in [0.2, 0.25) is 0 Å². The van der Waals surface area contributed by atoms with E-state index in [9.17, 15) is 59.1 Å². The monoisotopic (exact) mass is 1030 g/mol. The van der Waals surface area contributed by atoms with Gasteiger partial charge in [0.15, 0.2) is 33.7 Å². The quantitative estimate of drug-likeness (QED) is 0.184. The van der Waals surface area contributed by atoms with Crippen molar-refractivity contribution in [1.29, 1.82) is 0 Å². The van der Waals surface area contributed by atoms with Crippen LogP contribution >= 0.6 is 21.6 Å². The lowest BCUT2D eigenvalue weighted by atomic mass is 9.59. The molecule has 20 heteroatoms. The molecule has 4 aromatic rings. The van der Waals surface area contributed by atoms with Gasteiger partial charge in [-0.05, 0) is 65.3 Å². The van der Waals surface area contributed by atoms with E-state index in [1.807, 2.05) is 13.0 Å². The molecule has 4 aliphatic heterocycles. The van der Waals surface area contributed by atoms with E-state index in [-0.39, 0.29) is 52.0 Å². The average Bonchev–Trinajstić information content (AvgIpc) is 4.26. The van der Waals surface area contributed by atoms with Crippen molar-refractivity contribution in [2.75, 3.05) is 27.9 Å². The van der Waals surface area contributed by atoms with Crippen molar-refractivity contribution >= 4 is 62.3 Å². The molecule has 6 heterocycles. The Morgan fingerprint density at radius 1 is 0.726 bits per heavy atom. The maximum Gasteiger partial charge on any atom is 0.264 e. The van der Waals surface area contributed by atoms with Crippen LogP contribution in [-0.2, 0) is 42.7 Å². The molecule has 2 amide bonds. The third-order valence-electron chi connectivity index (χ3n) is 17.2. The van der Waals surface area contributed by atoms with Crippen LogP contribution < -0.4 is 0 Å². The summed E-state index contributed by atoms with van der Waals surface area (Å²) in [6.07, 6.45) is 4.04. The molecule has 0 radical (unpaired) electrons. The van der Waals surface area contributed by atoms with Crippen LogP contribution in [0.25, 0.3) is 0 Å². The van der Waals surface area contributed by atoms with Crippen LogP contribution in [0.3, 0.4) is 0 Å². The predicted octanol–water partition coefficient (Wildman–Crippen LogP) is 3.21. The van der Waals surface area contributed by atoms with Crippen molar-refractivity contribution in [2.45, 2.75) is 109 Å². The number of hydrogen-bond donors (Lipinski definition) is 5. The van der Waals surface area contributed by atoms with E-state index in [1.54, 1.807) is 50.4 Å². The molecule has 0 unspecified atom stereocenters. The van der Waals surface area contributed by atoms with Gasteiger partial charge in [-0.1, -0.05) is 53.3 Å². The second-order valence-electron chi connectivity index (χ2n) is 20.4. The van der Waals surface area contributed by atoms with Gasteiger partial charge in [0.2, 0.25) is 16.4 Å². The Morgan fingerprint density at radius 2 is 1.32 bits per heavy atom. The number of methoxy groups -OCH3 is 2. The third kappa shape index (κ3) is 5.78. The van der Waals surface area contributed by atoms with Gasteiger partial charge in [0.1, 0.15) is 30.7 Å². The third-order valence-corrected chi connectivity index (χ3v) is 20.9. The molecule has 2 aromatic carbocycles. The van der Waals surface area contributed by atoms with Crippen molar-refractivity contribution in [3.05, 3.63) is 139 Å². The smallest absolute Gasteiger partial charge is 0.264 e. The summed E-state index contributed by atoms with van der Waals surface area (Å²) in [7, 11) is 6.94. The van der Waals surface area contributed by atoms with E-state index < -0.39 is 75.6 Å². The summed E-state index contributed by atoms with van der Waals surface area (Å²) >= 11 is 0. The minimum absolute atomic E-state index is 0.0147. The minimum atomic E-state index is -1.28. The van der Waals surface area contributed by atoms with Crippen LogP contribution in [-0.4, -0.2) is 150 Å². The fourth-order valence-electron chi connectivity index (χ4n) is 13.4. The second-order valence-corrected chi connectivity index (χ2v) is 23.1. The summed E-state index contributed by atoms with van der Waals surface area (Å²) in [5, 5.41) is 52.7.